The van der Waals surface area contributed by atoms with E-state index in [0.29, 0.717) is 6.61 Å². The highest BCUT2D eigenvalue weighted by Crippen LogP contribution is 2.12. The van der Waals surface area contributed by atoms with Crippen LogP contribution in [0.4, 0.5) is 0 Å². The van der Waals surface area contributed by atoms with Crippen molar-refractivity contribution in [2.45, 2.75) is 46.1 Å². The minimum Gasteiger partial charge on any atom is -0.390 e. The average molecular weight is 234 g/mol. The highest BCUT2D eigenvalue weighted by Gasteiger charge is 2.05. The van der Waals surface area contributed by atoms with E-state index in [9.17, 15) is 5.11 Å². The fourth-order valence-corrected chi connectivity index (χ4v) is 2.18. The molecule has 0 aromatic rings. The minimum atomic E-state index is -0.295. The Morgan fingerprint density at radius 1 is 1.27 bits per heavy atom. The molecular formula is C12H26O2S. The van der Waals surface area contributed by atoms with E-state index in [-0.39, 0.29) is 6.10 Å². The van der Waals surface area contributed by atoms with E-state index in [2.05, 4.69) is 20.8 Å². The van der Waals surface area contributed by atoms with Crippen LogP contribution in [0.3, 0.4) is 0 Å². The molecule has 0 aliphatic heterocycles. The molecule has 0 saturated carbocycles. The highest BCUT2D eigenvalue weighted by molar-refractivity contribution is 7.99. The summed E-state index contributed by atoms with van der Waals surface area (Å²) in [6.07, 6.45) is 3.16. The van der Waals surface area contributed by atoms with Gasteiger partial charge in [-0.15, -0.1) is 0 Å². The summed E-state index contributed by atoms with van der Waals surface area (Å²) in [6, 6.07) is 0. The SMILES string of the molecule is CCCCOCC(O)CSCC(C)CC. The van der Waals surface area contributed by atoms with Crippen molar-refractivity contribution in [2.75, 3.05) is 24.7 Å². The molecule has 3 heteroatoms. The van der Waals surface area contributed by atoms with E-state index >= 15 is 0 Å². The van der Waals surface area contributed by atoms with Gasteiger partial charge in [0, 0.05) is 12.4 Å². The number of thioether (sulfide) groups is 1. The second-order valence-corrected chi connectivity index (χ2v) is 5.21. The van der Waals surface area contributed by atoms with E-state index in [1.54, 1.807) is 0 Å². The number of ether oxygens (including phenoxy) is 1. The van der Waals surface area contributed by atoms with Crippen LogP contribution in [0, 0.1) is 5.92 Å². The van der Waals surface area contributed by atoms with Crippen LogP contribution >= 0.6 is 11.8 Å². The summed E-state index contributed by atoms with van der Waals surface area (Å²) >= 11 is 1.83. The maximum atomic E-state index is 9.59. The van der Waals surface area contributed by atoms with Gasteiger partial charge in [0.25, 0.3) is 0 Å². The average Bonchev–Trinajstić information content (AvgIpc) is 2.24. The lowest BCUT2D eigenvalue weighted by Crippen LogP contribution is -2.19. The molecule has 2 unspecified atom stereocenters. The van der Waals surface area contributed by atoms with Gasteiger partial charge < -0.3 is 9.84 Å². The van der Waals surface area contributed by atoms with Gasteiger partial charge in [0.05, 0.1) is 12.7 Å². The molecule has 0 rings (SSSR count). The van der Waals surface area contributed by atoms with Crippen LogP contribution in [0.1, 0.15) is 40.0 Å². The molecule has 0 aromatic heterocycles. The molecule has 0 aromatic carbocycles. The van der Waals surface area contributed by atoms with E-state index in [1.807, 2.05) is 11.8 Å². The summed E-state index contributed by atoms with van der Waals surface area (Å²) in [6.45, 7) is 7.87. The van der Waals surface area contributed by atoms with E-state index < -0.39 is 0 Å². The molecule has 0 heterocycles. The lowest BCUT2D eigenvalue weighted by Gasteiger charge is -2.12. The Bertz CT molecular complexity index is 131. The Labute approximate surface area is 98.8 Å². The maximum Gasteiger partial charge on any atom is 0.0863 e. The van der Waals surface area contributed by atoms with Crippen LogP contribution in [0.5, 0.6) is 0 Å². The molecule has 0 amide bonds. The normalized spacial score (nSPS) is 15.2. The Kier molecular flexibility index (Phi) is 11.0. The van der Waals surface area contributed by atoms with E-state index in [0.717, 1.165) is 36.9 Å². The molecule has 2 nitrogen and oxygen atoms in total. The van der Waals surface area contributed by atoms with E-state index in [1.165, 1.54) is 6.42 Å². The number of rotatable bonds is 10. The standard InChI is InChI=1S/C12H26O2S/c1-4-6-7-14-8-12(13)10-15-9-11(3)5-2/h11-13H,4-10H2,1-3H3. The summed E-state index contributed by atoms with van der Waals surface area (Å²) < 4.78 is 5.36. The summed E-state index contributed by atoms with van der Waals surface area (Å²) in [5.74, 6) is 2.70. The molecule has 15 heavy (non-hydrogen) atoms. The smallest absolute Gasteiger partial charge is 0.0863 e. The summed E-state index contributed by atoms with van der Waals surface area (Å²) in [5, 5.41) is 9.59. The largest absolute Gasteiger partial charge is 0.390 e. The van der Waals surface area contributed by atoms with Gasteiger partial charge in [0.1, 0.15) is 0 Å². The number of hydrogen-bond acceptors (Lipinski definition) is 3. The van der Waals surface area contributed by atoms with Gasteiger partial charge in [0.15, 0.2) is 0 Å². The molecule has 2 atom stereocenters. The van der Waals surface area contributed by atoms with Crippen LogP contribution in [0.25, 0.3) is 0 Å². The van der Waals surface area contributed by atoms with Gasteiger partial charge in [-0.3, -0.25) is 0 Å². The first-order valence-corrected chi connectivity index (χ1v) is 7.19. The third-order valence-electron chi connectivity index (χ3n) is 2.36. The quantitative estimate of drug-likeness (QED) is 0.589. The first kappa shape index (κ1) is 15.3. The number of hydrogen-bond donors (Lipinski definition) is 1. The Balaban J connectivity index is 3.21. The number of unbranched alkanes of at least 4 members (excludes halogenated alkanes) is 1. The van der Waals surface area contributed by atoms with Gasteiger partial charge in [-0.05, 0) is 18.1 Å². The van der Waals surface area contributed by atoms with Crippen LogP contribution in [-0.2, 0) is 4.74 Å². The van der Waals surface area contributed by atoms with Gasteiger partial charge >= 0.3 is 0 Å². The second-order valence-electron chi connectivity index (χ2n) is 4.13. The van der Waals surface area contributed by atoms with Gasteiger partial charge in [-0.2, -0.15) is 11.8 Å². The molecule has 0 fully saturated rings. The number of aliphatic hydroxyl groups excluding tert-OH is 1. The van der Waals surface area contributed by atoms with E-state index in [4.69, 9.17) is 4.74 Å². The van der Waals surface area contributed by atoms with Crippen molar-refractivity contribution in [2.24, 2.45) is 5.92 Å². The lowest BCUT2D eigenvalue weighted by atomic mass is 10.2. The first-order chi connectivity index (χ1) is 7.20. The van der Waals surface area contributed by atoms with Crippen LogP contribution < -0.4 is 0 Å². The highest BCUT2D eigenvalue weighted by atomic mass is 32.2. The molecular weight excluding hydrogens is 208 g/mol. The number of aliphatic hydroxyl groups is 1. The molecule has 0 saturated heterocycles. The first-order valence-electron chi connectivity index (χ1n) is 6.04. The van der Waals surface area contributed by atoms with Crippen molar-refractivity contribution in [3.05, 3.63) is 0 Å². The summed E-state index contributed by atoms with van der Waals surface area (Å²) in [5.41, 5.74) is 0. The molecule has 1 N–H and O–H groups in total. The summed E-state index contributed by atoms with van der Waals surface area (Å²) in [7, 11) is 0. The fourth-order valence-electron chi connectivity index (χ4n) is 1.04. The Morgan fingerprint density at radius 2 is 2.00 bits per heavy atom. The molecule has 0 aliphatic rings. The van der Waals surface area contributed by atoms with Crippen LogP contribution in [0.2, 0.25) is 0 Å². The molecule has 92 valence electrons. The topological polar surface area (TPSA) is 29.5 Å². The monoisotopic (exact) mass is 234 g/mol. The molecule has 0 aliphatic carbocycles. The third kappa shape index (κ3) is 10.6. The molecule has 0 radical (unpaired) electrons. The van der Waals surface area contributed by atoms with Crippen molar-refractivity contribution in [3.63, 3.8) is 0 Å². The maximum absolute atomic E-state index is 9.59. The van der Waals surface area contributed by atoms with Gasteiger partial charge in [-0.25, -0.2) is 0 Å². The predicted octanol–water partition coefficient (Wildman–Crippen LogP) is 2.94. The predicted molar refractivity (Wildman–Crippen MR) is 68.5 cm³/mol. The zero-order valence-corrected chi connectivity index (χ0v) is 11.2. The molecule has 0 bridgehead atoms. The Morgan fingerprint density at radius 3 is 2.60 bits per heavy atom. The van der Waals surface area contributed by atoms with Crippen molar-refractivity contribution in [1.29, 1.82) is 0 Å². The lowest BCUT2D eigenvalue weighted by molar-refractivity contribution is 0.0473. The fraction of sp³-hybridized carbons (Fsp3) is 1.00. The Hall–Kier alpha value is 0.270. The molecule has 0 spiro atoms. The van der Waals surface area contributed by atoms with Gasteiger partial charge in [-0.1, -0.05) is 33.6 Å². The van der Waals surface area contributed by atoms with Crippen LogP contribution in [0.15, 0.2) is 0 Å². The summed E-state index contributed by atoms with van der Waals surface area (Å²) in [4.78, 5) is 0. The van der Waals surface area contributed by atoms with Crippen molar-refractivity contribution >= 4 is 11.8 Å². The third-order valence-corrected chi connectivity index (χ3v) is 3.79. The van der Waals surface area contributed by atoms with Crippen molar-refractivity contribution in [3.8, 4) is 0 Å². The van der Waals surface area contributed by atoms with Crippen molar-refractivity contribution in [1.82, 2.24) is 0 Å². The zero-order chi connectivity index (χ0) is 11.5. The zero-order valence-electron chi connectivity index (χ0n) is 10.4. The van der Waals surface area contributed by atoms with Gasteiger partial charge in [0.2, 0.25) is 0 Å². The minimum absolute atomic E-state index is 0.295. The van der Waals surface area contributed by atoms with Crippen molar-refractivity contribution < 1.29 is 9.84 Å². The van der Waals surface area contributed by atoms with Crippen LogP contribution in [-0.4, -0.2) is 35.9 Å². The second kappa shape index (κ2) is 10.8.